The van der Waals surface area contributed by atoms with Crippen molar-refractivity contribution in [3.63, 3.8) is 0 Å². The van der Waals surface area contributed by atoms with Crippen molar-refractivity contribution in [1.29, 1.82) is 0 Å². The summed E-state index contributed by atoms with van der Waals surface area (Å²) in [5.74, 6) is -1.47. The van der Waals surface area contributed by atoms with E-state index in [2.05, 4.69) is 5.32 Å². The predicted molar refractivity (Wildman–Crippen MR) is 120 cm³/mol. The SMILES string of the molecule is O=C(COC(=O)CCN1c2ccccc2Sc2ccccc21)Nc1ccccc1C(F)(F)F. The Kier molecular flexibility index (Phi) is 6.60. The van der Waals surface area contributed by atoms with Crippen LogP contribution < -0.4 is 10.2 Å². The number of hydrogen-bond donors (Lipinski definition) is 1. The smallest absolute Gasteiger partial charge is 0.418 e. The maximum atomic E-state index is 13.1. The standard InChI is InChI=1S/C24H19F3N2O3S/c25-24(26,27)16-7-1-2-8-17(16)28-22(30)15-32-23(31)13-14-29-18-9-3-5-11-20(18)33-21-12-6-4-10-19(21)29/h1-12H,13-15H2,(H,28,30). The van der Waals surface area contributed by atoms with E-state index in [9.17, 15) is 22.8 Å². The second kappa shape index (κ2) is 9.58. The van der Waals surface area contributed by atoms with Crippen molar-refractivity contribution in [1.82, 2.24) is 0 Å². The fraction of sp³-hybridized carbons (Fsp3) is 0.167. The molecule has 0 radical (unpaired) electrons. The minimum Gasteiger partial charge on any atom is -0.456 e. The number of carbonyl (C=O) groups excluding carboxylic acids is 2. The number of para-hydroxylation sites is 3. The lowest BCUT2D eigenvalue weighted by molar-refractivity contribution is -0.147. The van der Waals surface area contributed by atoms with Gasteiger partial charge in [-0.1, -0.05) is 48.2 Å². The van der Waals surface area contributed by atoms with Gasteiger partial charge < -0.3 is 15.0 Å². The average molecular weight is 472 g/mol. The molecule has 170 valence electrons. The van der Waals surface area contributed by atoms with Gasteiger partial charge in [-0.15, -0.1) is 0 Å². The first-order chi connectivity index (χ1) is 15.8. The second-order valence-corrected chi connectivity index (χ2v) is 8.28. The molecule has 5 nitrogen and oxygen atoms in total. The van der Waals surface area contributed by atoms with Gasteiger partial charge in [-0.05, 0) is 36.4 Å². The van der Waals surface area contributed by atoms with Crippen LogP contribution in [0.1, 0.15) is 12.0 Å². The fourth-order valence-electron chi connectivity index (χ4n) is 3.47. The zero-order valence-corrected chi connectivity index (χ0v) is 18.1. The molecule has 0 fully saturated rings. The fourth-order valence-corrected chi connectivity index (χ4v) is 4.56. The Balaban J connectivity index is 1.35. The lowest BCUT2D eigenvalue weighted by atomic mass is 10.1. The first-order valence-electron chi connectivity index (χ1n) is 10.1. The second-order valence-electron chi connectivity index (χ2n) is 7.19. The van der Waals surface area contributed by atoms with Gasteiger partial charge in [0.05, 0.1) is 29.0 Å². The summed E-state index contributed by atoms with van der Waals surface area (Å²) in [6, 6.07) is 20.3. The van der Waals surface area contributed by atoms with Gasteiger partial charge in [0, 0.05) is 16.3 Å². The molecular weight excluding hydrogens is 453 g/mol. The summed E-state index contributed by atoms with van der Waals surface area (Å²) in [5.41, 5.74) is 0.584. The minimum atomic E-state index is -4.61. The predicted octanol–water partition coefficient (Wildman–Crippen LogP) is 5.88. The number of anilines is 3. The molecule has 9 heteroatoms. The van der Waals surface area contributed by atoms with Gasteiger partial charge in [0.2, 0.25) is 0 Å². The highest BCUT2D eigenvalue weighted by Crippen LogP contribution is 2.47. The Labute approximate surface area is 192 Å². The Morgan fingerprint density at radius 2 is 1.45 bits per heavy atom. The summed E-state index contributed by atoms with van der Waals surface area (Å²) in [6.07, 6.45) is -4.61. The van der Waals surface area contributed by atoms with E-state index in [1.807, 2.05) is 53.4 Å². The van der Waals surface area contributed by atoms with Gasteiger partial charge in [-0.3, -0.25) is 9.59 Å². The normalized spacial score (nSPS) is 12.5. The number of ether oxygens (including phenoxy) is 1. The highest BCUT2D eigenvalue weighted by Gasteiger charge is 2.33. The first kappa shape index (κ1) is 22.7. The third-order valence-corrected chi connectivity index (χ3v) is 6.07. The van der Waals surface area contributed by atoms with Crippen molar-refractivity contribution < 1.29 is 27.5 Å². The molecule has 0 bridgehead atoms. The van der Waals surface area contributed by atoms with Crippen molar-refractivity contribution in [3.05, 3.63) is 78.4 Å². The number of amides is 1. The average Bonchev–Trinajstić information content (AvgIpc) is 2.80. The lowest BCUT2D eigenvalue weighted by Crippen LogP contribution is -2.26. The molecule has 1 aliphatic rings. The zero-order valence-electron chi connectivity index (χ0n) is 17.3. The van der Waals surface area contributed by atoms with E-state index < -0.39 is 30.2 Å². The summed E-state index contributed by atoms with van der Waals surface area (Å²) >= 11 is 1.65. The third kappa shape index (κ3) is 5.31. The van der Waals surface area contributed by atoms with E-state index in [0.29, 0.717) is 6.54 Å². The van der Waals surface area contributed by atoms with Crippen molar-refractivity contribution in [3.8, 4) is 0 Å². The zero-order chi connectivity index (χ0) is 23.4. The van der Waals surface area contributed by atoms with E-state index in [1.54, 1.807) is 11.8 Å². The number of alkyl halides is 3. The number of rotatable bonds is 6. The Morgan fingerprint density at radius 3 is 2.09 bits per heavy atom. The molecule has 33 heavy (non-hydrogen) atoms. The van der Waals surface area contributed by atoms with Gasteiger partial charge >= 0.3 is 12.1 Å². The number of carbonyl (C=O) groups is 2. The lowest BCUT2D eigenvalue weighted by Gasteiger charge is -2.32. The van der Waals surface area contributed by atoms with Crippen molar-refractivity contribution in [2.24, 2.45) is 0 Å². The monoisotopic (exact) mass is 472 g/mol. The van der Waals surface area contributed by atoms with Crippen LogP contribution in [0.3, 0.4) is 0 Å². The molecule has 0 atom stereocenters. The number of benzene rings is 3. The van der Waals surface area contributed by atoms with Gasteiger partial charge in [-0.25, -0.2) is 0 Å². The van der Waals surface area contributed by atoms with E-state index in [1.165, 1.54) is 12.1 Å². The van der Waals surface area contributed by atoms with Gasteiger partial charge in [0.1, 0.15) is 0 Å². The number of fused-ring (bicyclic) bond motifs is 2. The van der Waals surface area contributed by atoms with E-state index in [-0.39, 0.29) is 12.1 Å². The molecule has 1 N–H and O–H groups in total. The van der Waals surface area contributed by atoms with E-state index >= 15 is 0 Å². The minimum absolute atomic E-state index is 0.000245. The molecule has 0 spiro atoms. The number of nitrogens with one attached hydrogen (secondary N) is 1. The molecule has 1 heterocycles. The quantitative estimate of drug-likeness (QED) is 0.454. The van der Waals surface area contributed by atoms with Crippen LogP contribution in [0.2, 0.25) is 0 Å². The van der Waals surface area contributed by atoms with Crippen LogP contribution in [0.4, 0.5) is 30.2 Å². The highest BCUT2D eigenvalue weighted by molar-refractivity contribution is 7.99. The van der Waals surface area contributed by atoms with Crippen molar-refractivity contribution >= 4 is 40.7 Å². The molecule has 0 saturated heterocycles. The summed E-state index contributed by atoms with van der Waals surface area (Å²) in [6.45, 7) is -0.347. The number of esters is 1. The Morgan fingerprint density at radius 1 is 0.879 bits per heavy atom. The molecule has 3 aromatic rings. The largest absolute Gasteiger partial charge is 0.456 e. The molecule has 3 aromatic carbocycles. The molecule has 1 amide bonds. The van der Waals surface area contributed by atoms with Crippen LogP contribution in [-0.4, -0.2) is 25.0 Å². The van der Waals surface area contributed by atoms with Crippen LogP contribution in [0.15, 0.2) is 82.6 Å². The van der Waals surface area contributed by atoms with Crippen LogP contribution in [0, 0.1) is 0 Å². The van der Waals surface area contributed by atoms with Gasteiger partial charge in [-0.2, -0.15) is 13.2 Å². The van der Waals surface area contributed by atoms with E-state index in [0.717, 1.165) is 33.3 Å². The van der Waals surface area contributed by atoms with Crippen LogP contribution >= 0.6 is 11.8 Å². The van der Waals surface area contributed by atoms with Gasteiger partial charge in [0.25, 0.3) is 5.91 Å². The molecule has 0 aromatic heterocycles. The topological polar surface area (TPSA) is 58.6 Å². The number of nitrogens with zero attached hydrogens (tertiary/aromatic N) is 1. The summed E-state index contributed by atoms with van der Waals surface area (Å²) in [4.78, 5) is 28.5. The first-order valence-corrected chi connectivity index (χ1v) is 10.9. The van der Waals surface area contributed by atoms with Crippen LogP contribution in [0.25, 0.3) is 0 Å². The molecule has 1 aliphatic heterocycles. The summed E-state index contributed by atoms with van der Waals surface area (Å²) < 4.78 is 44.2. The molecular formula is C24H19F3N2O3S. The maximum Gasteiger partial charge on any atom is 0.418 e. The van der Waals surface area contributed by atoms with Crippen LogP contribution in [-0.2, 0) is 20.5 Å². The van der Waals surface area contributed by atoms with Crippen molar-refractivity contribution in [2.45, 2.75) is 22.4 Å². The van der Waals surface area contributed by atoms with Crippen molar-refractivity contribution in [2.75, 3.05) is 23.4 Å². The van der Waals surface area contributed by atoms with Crippen LogP contribution in [0.5, 0.6) is 0 Å². The highest BCUT2D eigenvalue weighted by atomic mass is 32.2. The number of halogens is 3. The Bertz CT molecular complexity index is 1140. The number of hydrogen-bond acceptors (Lipinski definition) is 5. The summed E-state index contributed by atoms with van der Waals surface area (Å²) in [5, 5.41) is 2.15. The Hall–Kier alpha value is -3.46. The third-order valence-electron chi connectivity index (χ3n) is 4.94. The van der Waals surface area contributed by atoms with E-state index in [4.69, 9.17) is 4.74 Å². The van der Waals surface area contributed by atoms with Gasteiger partial charge in [0.15, 0.2) is 6.61 Å². The molecule has 0 aliphatic carbocycles. The maximum absolute atomic E-state index is 13.1. The molecule has 0 unspecified atom stereocenters. The molecule has 0 saturated carbocycles. The molecule has 4 rings (SSSR count). The summed E-state index contributed by atoms with van der Waals surface area (Å²) in [7, 11) is 0.